The number of hydrogen-bond acceptors (Lipinski definition) is 3. The summed E-state index contributed by atoms with van der Waals surface area (Å²) >= 11 is 5.19. The van der Waals surface area contributed by atoms with Gasteiger partial charge in [-0.15, -0.1) is 0 Å². The van der Waals surface area contributed by atoms with Crippen molar-refractivity contribution in [2.45, 2.75) is 16.7 Å². The van der Waals surface area contributed by atoms with Crippen LogP contribution in [0.5, 0.6) is 0 Å². The van der Waals surface area contributed by atoms with Crippen molar-refractivity contribution in [2.24, 2.45) is 0 Å². The molecule has 20 heavy (non-hydrogen) atoms. The van der Waals surface area contributed by atoms with Crippen LogP contribution in [0, 0.1) is 6.92 Å². The molecule has 0 aliphatic rings. The zero-order valence-corrected chi connectivity index (χ0v) is 13.3. The van der Waals surface area contributed by atoms with E-state index in [1.807, 2.05) is 37.3 Å². The first-order valence-corrected chi connectivity index (χ1v) is 7.83. The van der Waals surface area contributed by atoms with Gasteiger partial charge in [0.05, 0.1) is 5.52 Å². The lowest BCUT2D eigenvalue weighted by atomic mass is 10.2. The molecule has 3 aromatic rings. The van der Waals surface area contributed by atoms with Crippen LogP contribution in [-0.2, 0) is 0 Å². The molecule has 0 unspecified atom stereocenters. The van der Waals surface area contributed by atoms with E-state index in [1.54, 1.807) is 11.8 Å². The topological polar surface area (TPSA) is 38.9 Å². The third-order valence-corrected chi connectivity index (χ3v) is 4.56. The van der Waals surface area contributed by atoms with Gasteiger partial charge in [0.2, 0.25) is 0 Å². The van der Waals surface area contributed by atoms with Gasteiger partial charge in [0.25, 0.3) is 0 Å². The van der Waals surface area contributed by atoms with Crippen LogP contribution >= 0.6 is 27.7 Å². The Morgan fingerprint density at radius 1 is 1.05 bits per heavy atom. The van der Waals surface area contributed by atoms with Crippen LogP contribution in [0.3, 0.4) is 0 Å². The predicted octanol–water partition coefficient (Wildman–Crippen LogP) is 5.04. The summed E-state index contributed by atoms with van der Waals surface area (Å²) < 4.78 is 1.09. The Kier molecular flexibility index (Phi) is 3.68. The molecule has 0 aliphatic heterocycles. The molecule has 0 fully saturated rings. The molecule has 1 heterocycles. The van der Waals surface area contributed by atoms with Crippen LogP contribution < -0.4 is 5.73 Å². The average Bonchev–Trinajstić information content (AvgIpc) is 2.42. The molecule has 0 atom stereocenters. The summed E-state index contributed by atoms with van der Waals surface area (Å²) in [6.45, 7) is 2.02. The van der Waals surface area contributed by atoms with Crippen LogP contribution in [-0.4, -0.2) is 4.98 Å². The molecule has 0 aliphatic carbocycles. The number of aryl methyl sites for hydroxylation is 1. The molecule has 3 rings (SSSR count). The van der Waals surface area contributed by atoms with E-state index in [9.17, 15) is 0 Å². The Balaban J connectivity index is 2.10. The van der Waals surface area contributed by atoms with Crippen LogP contribution in [0.25, 0.3) is 10.9 Å². The fraction of sp³-hybridized carbons (Fsp3) is 0.0625. The maximum absolute atomic E-state index is 5.90. The maximum atomic E-state index is 5.90. The molecule has 0 spiro atoms. The molecule has 0 amide bonds. The first-order chi connectivity index (χ1) is 9.61. The van der Waals surface area contributed by atoms with Crippen molar-refractivity contribution >= 4 is 44.3 Å². The van der Waals surface area contributed by atoms with E-state index in [2.05, 4.69) is 39.1 Å². The van der Waals surface area contributed by atoms with Crippen LogP contribution in [0.15, 0.2) is 62.8 Å². The van der Waals surface area contributed by atoms with Gasteiger partial charge < -0.3 is 5.73 Å². The van der Waals surface area contributed by atoms with E-state index in [4.69, 9.17) is 5.73 Å². The number of hydrogen-bond donors (Lipinski definition) is 1. The fourth-order valence-electron chi connectivity index (χ4n) is 2.05. The monoisotopic (exact) mass is 344 g/mol. The number of pyridine rings is 1. The lowest BCUT2D eigenvalue weighted by Gasteiger charge is -2.08. The van der Waals surface area contributed by atoms with Gasteiger partial charge >= 0.3 is 0 Å². The van der Waals surface area contributed by atoms with E-state index >= 15 is 0 Å². The van der Waals surface area contributed by atoms with E-state index in [1.165, 1.54) is 9.79 Å². The summed E-state index contributed by atoms with van der Waals surface area (Å²) in [7, 11) is 0. The highest BCUT2D eigenvalue weighted by molar-refractivity contribution is 9.10. The third kappa shape index (κ3) is 2.81. The van der Waals surface area contributed by atoms with Crippen molar-refractivity contribution in [1.29, 1.82) is 0 Å². The lowest BCUT2D eigenvalue weighted by Crippen LogP contribution is -1.90. The molecule has 0 bridgehead atoms. The standard InChI is InChI=1S/C16H13BrN2S/c1-10-8-16(20-13-5-2-11(17)3-6-13)14-9-12(18)4-7-15(14)19-10/h2-9H,18H2,1H3. The second-order valence-corrected chi connectivity index (χ2v) is 6.63. The summed E-state index contributed by atoms with van der Waals surface area (Å²) in [5.41, 5.74) is 8.67. The Hall–Kier alpha value is -1.52. The first-order valence-electron chi connectivity index (χ1n) is 6.22. The van der Waals surface area contributed by atoms with Crippen LogP contribution in [0.4, 0.5) is 5.69 Å². The molecule has 1 aromatic heterocycles. The Bertz CT molecular complexity index is 769. The SMILES string of the molecule is Cc1cc(Sc2ccc(Br)cc2)c2cc(N)ccc2n1. The van der Waals surface area contributed by atoms with Gasteiger partial charge in [0.15, 0.2) is 0 Å². The molecule has 0 saturated carbocycles. The summed E-state index contributed by atoms with van der Waals surface area (Å²) in [5, 5.41) is 1.10. The summed E-state index contributed by atoms with van der Waals surface area (Å²) in [4.78, 5) is 6.94. The summed E-state index contributed by atoms with van der Waals surface area (Å²) in [6.07, 6.45) is 0. The van der Waals surface area contributed by atoms with Crippen LogP contribution in [0.1, 0.15) is 5.69 Å². The maximum Gasteiger partial charge on any atom is 0.0718 e. The van der Waals surface area contributed by atoms with Gasteiger partial charge in [0, 0.05) is 31.0 Å². The number of halogens is 1. The number of nitrogens with two attached hydrogens (primary N) is 1. The van der Waals surface area contributed by atoms with Crippen LogP contribution in [0.2, 0.25) is 0 Å². The van der Waals surface area contributed by atoms with Gasteiger partial charge in [-0.3, -0.25) is 4.98 Å². The zero-order chi connectivity index (χ0) is 14.1. The molecular weight excluding hydrogens is 332 g/mol. The highest BCUT2D eigenvalue weighted by Gasteiger charge is 2.06. The molecule has 2 aromatic carbocycles. The summed E-state index contributed by atoms with van der Waals surface area (Å²) in [6, 6.07) is 16.3. The van der Waals surface area contributed by atoms with Gasteiger partial charge in [-0.05, 0) is 55.5 Å². The van der Waals surface area contributed by atoms with Crippen molar-refractivity contribution in [3.8, 4) is 0 Å². The second-order valence-electron chi connectivity index (χ2n) is 4.59. The minimum atomic E-state index is 0.765. The molecule has 2 nitrogen and oxygen atoms in total. The van der Waals surface area contributed by atoms with Gasteiger partial charge in [-0.2, -0.15) is 0 Å². The fourth-order valence-corrected chi connectivity index (χ4v) is 3.35. The Labute approximate surface area is 130 Å². The molecule has 0 saturated heterocycles. The highest BCUT2D eigenvalue weighted by atomic mass is 79.9. The van der Waals surface area contributed by atoms with E-state index < -0.39 is 0 Å². The Morgan fingerprint density at radius 2 is 1.80 bits per heavy atom. The van der Waals surface area contributed by atoms with Crippen molar-refractivity contribution in [2.75, 3.05) is 5.73 Å². The number of benzene rings is 2. The van der Waals surface area contributed by atoms with Gasteiger partial charge in [-0.25, -0.2) is 0 Å². The average molecular weight is 345 g/mol. The largest absolute Gasteiger partial charge is 0.399 e. The van der Waals surface area contributed by atoms with E-state index in [0.29, 0.717) is 0 Å². The number of rotatable bonds is 2. The van der Waals surface area contributed by atoms with Crippen molar-refractivity contribution < 1.29 is 0 Å². The number of nitrogen functional groups attached to an aromatic ring is 1. The Morgan fingerprint density at radius 3 is 2.55 bits per heavy atom. The minimum Gasteiger partial charge on any atom is -0.399 e. The molecule has 100 valence electrons. The molecule has 0 radical (unpaired) electrons. The highest BCUT2D eigenvalue weighted by Crippen LogP contribution is 2.34. The lowest BCUT2D eigenvalue weighted by molar-refractivity contribution is 1.22. The minimum absolute atomic E-state index is 0.765. The van der Waals surface area contributed by atoms with Crippen molar-refractivity contribution in [3.63, 3.8) is 0 Å². The normalized spacial score (nSPS) is 10.9. The number of fused-ring (bicyclic) bond motifs is 1. The van der Waals surface area contributed by atoms with E-state index in [-0.39, 0.29) is 0 Å². The molecular formula is C16H13BrN2S. The first kappa shape index (κ1) is 13.5. The number of anilines is 1. The predicted molar refractivity (Wildman–Crippen MR) is 89.2 cm³/mol. The van der Waals surface area contributed by atoms with Crippen molar-refractivity contribution in [1.82, 2.24) is 4.98 Å². The quantitative estimate of drug-likeness (QED) is 0.662. The third-order valence-electron chi connectivity index (χ3n) is 2.96. The van der Waals surface area contributed by atoms with Crippen molar-refractivity contribution in [3.05, 3.63) is 58.7 Å². The summed E-state index contributed by atoms with van der Waals surface area (Å²) in [5.74, 6) is 0. The second kappa shape index (κ2) is 5.46. The van der Waals surface area contributed by atoms with E-state index in [0.717, 1.165) is 26.8 Å². The van der Waals surface area contributed by atoms with Gasteiger partial charge in [-0.1, -0.05) is 27.7 Å². The number of aromatic nitrogens is 1. The zero-order valence-electron chi connectivity index (χ0n) is 10.9. The number of nitrogens with zero attached hydrogens (tertiary/aromatic N) is 1. The molecule has 4 heteroatoms. The molecule has 2 N–H and O–H groups in total. The van der Waals surface area contributed by atoms with Gasteiger partial charge in [0.1, 0.15) is 0 Å². The smallest absolute Gasteiger partial charge is 0.0718 e.